The molecule has 1 nitrogen and oxygen atoms in total. The highest BCUT2D eigenvalue weighted by molar-refractivity contribution is 8.01. The first kappa shape index (κ1) is 13.0. The smallest absolute Gasteiger partial charge is 0.355 e. The fraction of sp³-hybridized carbons (Fsp3) is 0.333. The Morgan fingerprint density at radius 3 is 2.20 bits per heavy atom. The molecule has 0 aliphatic heterocycles. The Labute approximate surface area is 94.7 Å². The Morgan fingerprint density at radius 1 is 1.13 bits per heavy atom. The van der Waals surface area contributed by atoms with E-state index >= 15 is 0 Å². The Hall–Kier alpha value is -0.0800. The number of alkyl halides is 6. The second kappa shape index (κ2) is 4.42. The molecular formula is C6H3ClF5NS2. The third kappa shape index (κ3) is 5.53. The van der Waals surface area contributed by atoms with Crippen LogP contribution in [0.1, 0.15) is 0 Å². The van der Waals surface area contributed by atoms with Crippen LogP contribution in [-0.4, -0.2) is 15.2 Å². The zero-order valence-electron chi connectivity index (χ0n) is 6.74. The predicted octanol–water partition coefficient (Wildman–Crippen LogP) is 4.51. The van der Waals surface area contributed by atoms with Gasteiger partial charge >= 0.3 is 10.2 Å². The lowest BCUT2D eigenvalue weighted by molar-refractivity contribution is -0.0329. The molecule has 86 valence electrons. The summed E-state index contributed by atoms with van der Waals surface area (Å²) < 4.78 is 56.5. The molecular weight excluding hydrogens is 281 g/mol. The molecule has 0 aliphatic rings. The highest BCUT2D eigenvalue weighted by atomic mass is 35.5. The van der Waals surface area contributed by atoms with Crippen molar-refractivity contribution in [2.75, 3.05) is 0 Å². The second-order valence-electron chi connectivity index (χ2n) is 2.30. The maximum atomic E-state index is 12.2. The molecule has 0 bridgehead atoms. The summed E-state index contributed by atoms with van der Waals surface area (Å²) in [5.74, 6) is 0. The van der Waals surface area contributed by atoms with E-state index < -0.39 is 22.0 Å². The summed E-state index contributed by atoms with van der Waals surface area (Å²) in [7, 11) is 0. The fourth-order valence-electron chi connectivity index (χ4n) is 0.731. The summed E-state index contributed by atoms with van der Waals surface area (Å²) in [5.41, 5.74) is -4.45. The number of nitrogens with one attached hydrogen (secondary N) is 1. The summed E-state index contributed by atoms with van der Waals surface area (Å²) in [4.78, 5) is 2.16. The van der Waals surface area contributed by atoms with Gasteiger partial charge in [-0.15, -0.1) is 0 Å². The standard InChI is InChI=1S/C6H3ClF5NS2/c7-5(8,9)14-3-1-4(13-2-3)15-6(10,11)12/h1-2,13H. The molecule has 0 aromatic carbocycles. The van der Waals surface area contributed by atoms with Crippen LogP contribution in [0.5, 0.6) is 0 Å². The van der Waals surface area contributed by atoms with Crippen molar-refractivity contribution in [3.05, 3.63) is 12.3 Å². The summed E-state index contributed by atoms with van der Waals surface area (Å²) in [6.07, 6.45) is 1.04. The van der Waals surface area contributed by atoms with Crippen molar-refractivity contribution < 1.29 is 22.0 Å². The third-order valence-corrected chi connectivity index (χ3v) is 2.71. The molecule has 1 heterocycles. The van der Waals surface area contributed by atoms with E-state index in [9.17, 15) is 22.0 Å². The lowest BCUT2D eigenvalue weighted by Gasteiger charge is -2.03. The largest absolute Gasteiger partial charge is 0.447 e. The predicted molar refractivity (Wildman–Crippen MR) is 49.4 cm³/mol. The molecule has 1 aromatic rings. The van der Waals surface area contributed by atoms with Crippen molar-refractivity contribution in [1.82, 2.24) is 4.98 Å². The van der Waals surface area contributed by atoms with Crippen LogP contribution in [0.4, 0.5) is 22.0 Å². The molecule has 15 heavy (non-hydrogen) atoms. The van der Waals surface area contributed by atoms with Crippen LogP contribution < -0.4 is 0 Å². The van der Waals surface area contributed by atoms with Crippen molar-refractivity contribution in [2.45, 2.75) is 20.1 Å². The van der Waals surface area contributed by atoms with E-state index in [-0.39, 0.29) is 21.7 Å². The number of thioether (sulfide) groups is 2. The first-order chi connectivity index (χ1) is 6.66. The van der Waals surface area contributed by atoms with Gasteiger partial charge in [0, 0.05) is 22.9 Å². The van der Waals surface area contributed by atoms with Crippen molar-refractivity contribution in [3.8, 4) is 0 Å². The van der Waals surface area contributed by atoms with Crippen LogP contribution in [0.15, 0.2) is 22.2 Å². The van der Waals surface area contributed by atoms with Gasteiger partial charge in [0.15, 0.2) is 0 Å². The average molecular weight is 284 g/mol. The molecule has 1 N–H and O–H groups in total. The van der Waals surface area contributed by atoms with Gasteiger partial charge in [-0.3, -0.25) is 0 Å². The van der Waals surface area contributed by atoms with Crippen LogP contribution >= 0.6 is 35.1 Å². The minimum Gasteiger partial charge on any atom is -0.355 e. The number of aromatic nitrogens is 1. The van der Waals surface area contributed by atoms with Gasteiger partial charge < -0.3 is 4.98 Å². The van der Waals surface area contributed by atoms with Gasteiger partial charge in [-0.25, -0.2) is 0 Å². The molecule has 0 aliphatic carbocycles. The summed E-state index contributed by atoms with van der Waals surface area (Å²) >= 11 is 4.16. The van der Waals surface area contributed by atoms with Crippen LogP contribution in [0.2, 0.25) is 0 Å². The summed E-state index contributed by atoms with van der Waals surface area (Å²) in [6, 6.07) is 0.957. The van der Waals surface area contributed by atoms with Crippen LogP contribution in [0, 0.1) is 0 Å². The number of hydrogen-bond acceptors (Lipinski definition) is 2. The Kier molecular flexibility index (Phi) is 3.83. The SMILES string of the molecule is FC(F)(F)Sc1cc(SC(F)(F)Cl)c[nH]1. The van der Waals surface area contributed by atoms with Gasteiger partial charge in [-0.1, -0.05) is 0 Å². The first-order valence-corrected chi connectivity index (χ1v) is 5.37. The lowest BCUT2D eigenvalue weighted by Crippen LogP contribution is -1.98. The molecule has 0 radical (unpaired) electrons. The molecule has 9 heteroatoms. The number of H-pyrrole nitrogens is 1. The molecule has 0 spiro atoms. The van der Waals surface area contributed by atoms with Crippen molar-refractivity contribution in [3.63, 3.8) is 0 Å². The van der Waals surface area contributed by atoms with Crippen LogP contribution in [0.3, 0.4) is 0 Å². The maximum absolute atomic E-state index is 12.2. The van der Waals surface area contributed by atoms with Crippen molar-refractivity contribution in [1.29, 1.82) is 0 Å². The minimum atomic E-state index is -4.45. The molecule has 0 fully saturated rings. The molecule has 1 rings (SSSR count). The Balaban J connectivity index is 2.65. The molecule has 0 amide bonds. The third-order valence-electron chi connectivity index (χ3n) is 1.09. The molecule has 0 unspecified atom stereocenters. The summed E-state index contributed by atoms with van der Waals surface area (Å²) in [5, 5.41) is -0.258. The van der Waals surface area contributed by atoms with E-state index in [4.69, 9.17) is 0 Å². The van der Waals surface area contributed by atoms with Crippen LogP contribution in [-0.2, 0) is 0 Å². The van der Waals surface area contributed by atoms with E-state index in [1.54, 1.807) is 0 Å². The normalized spacial score (nSPS) is 13.2. The quantitative estimate of drug-likeness (QED) is 0.499. The molecule has 0 saturated carbocycles. The second-order valence-corrected chi connectivity index (χ2v) is 5.29. The maximum Gasteiger partial charge on any atom is 0.447 e. The molecule has 1 aromatic heterocycles. The van der Waals surface area contributed by atoms with Crippen molar-refractivity contribution in [2.24, 2.45) is 0 Å². The van der Waals surface area contributed by atoms with Gasteiger partial charge in [0.05, 0.1) is 5.03 Å². The van der Waals surface area contributed by atoms with Gasteiger partial charge in [0.2, 0.25) is 0 Å². The zero-order chi connectivity index (χ0) is 11.7. The van der Waals surface area contributed by atoms with Gasteiger partial charge in [0.1, 0.15) is 0 Å². The Morgan fingerprint density at radius 2 is 1.73 bits per heavy atom. The lowest BCUT2D eigenvalue weighted by atomic mass is 10.7. The van der Waals surface area contributed by atoms with E-state index in [1.165, 1.54) is 0 Å². The van der Waals surface area contributed by atoms with E-state index in [1.807, 2.05) is 0 Å². The van der Waals surface area contributed by atoms with E-state index in [0.717, 1.165) is 12.3 Å². The minimum absolute atomic E-state index is 0.0323. The average Bonchev–Trinajstić information content (AvgIpc) is 2.28. The number of hydrogen-bond donors (Lipinski definition) is 1. The van der Waals surface area contributed by atoms with Crippen molar-refractivity contribution >= 4 is 35.1 Å². The molecule has 0 saturated heterocycles. The number of rotatable bonds is 3. The monoisotopic (exact) mass is 283 g/mol. The van der Waals surface area contributed by atoms with Gasteiger partial charge in [-0.2, -0.15) is 22.0 Å². The number of halogens is 6. The van der Waals surface area contributed by atoms with E-state index in [2.05, 4.69) is 16.6 Å². The topological polar surface area (TPSA) is 15.8 Å². The first-order valence-electron chi connectivity index (χ1n) is 3.36. The van der Waals surface area contributed by atoms with Gasteiger partial charge in [-0.05, 0) is 29.4 Å². The zero-order valence-corrected chi connectivity index (χ0v) is 9.13. The number of aromatic amines is 1. The fourth-order valence-corrected chi connectivity index (χ4v) is 2.19. The summed E-state index contributed by atoms with van der Waals surface area (Å²) in [6.45, 7) is 0. The molecule has 0 atom stereocenters. The Bertz CT molecular complexity index is 300. The van der Waals surface area contributed by atoms with Crippen LogP contribution in [0.25, 0.3) is 0 Å². The van der Waals surface area contributed by atoms with E-state index in [0.29, 0.717) is 0 Å². The highest BCUT2D eigenvalue weighted by Gasteiger charge is 2.31. The highest BCUT2D eigenvalue weighted by Crippen LogP contribution is 2.42. The van der Waals surface area contributed by atoms with Gasteiger partial charge in [0.25, 0.3) is 0 Å².